The molecule has 5 nitrogen and oxygen atoms in total. The van der Waals surface area contributed by atoms with Crippen LogP contribution in [0.5, 0.6) is 5.75 Å². The second-order valence-corrected chi connectivity index (χ2v) is 7.25. The van der Waals surface area contributed by atoms with Crippen LogP contribution in [-0.4, -0.2) is 56.2 Å². The topological polar surface area (TPSA) is 48.9 Å². The second-order valence-electron chi connectivity index (χ2n) is 7.25. The van der Waals surface area contributed by atoms with Crippen LogP contribution in [-0.2, 0) is 0 Å². The molecule has 0 aromatic heterocycles. The number of hydrogen-bond acceptors (Lipinski definition) is 3. The summed E-state index contributed by atoms with van der Waals surface area (Å²) in [5, 5.41) is 6.86. The van der Waals surface area contributed by atoms with Gasteiger partial charge in [0.25, 0.3) is 0 Å². The second kappa shape index (κ2) is 11.1. The van der Waals surface area contributed by atoms with Crippen LogP contribution in [0.1, 0.15) is 39.2 Å². The van der Waals surface area contributed by atoms with Crippen LogP contribution in [0.2, 0.25) is 0 Å². The minimum atomic E-state index is 0.0399. The highest BCUT2D eigenvalue weighted by Gasteiger charge is 2.21. The van der Waals surface area contributed by atoms with E-state index in [9.17, 15) is 0 Å². The monoisotopic (exact) mass is 360 g/mol. The van der Waals surface area contributed by atoms with Gasteiger partial charge in [-0.2, -0.15) is 0 Å². The Labute approximate surface area is 159 Å². The number of nitrogens with one attached hydrogen (secondary N) is 2. The van der Waals surface area contributed by atoms with Crippen LogP contribution in [0, 0.1) is 12.8 Å². The van der Waals surface area contributed by atoms with E-state index in [1.165, 1.54) is 32.5 Å². The Kier molecular flexibility index (Phi) is 8.75. The lowest BCUT2D eigenvalue weighted by atomic mass is 10.1. The molecule has 1 fully saturated rings. The molecule has 0 bridgehead atoms. The fourth-order valence-corrected chi connectivity index (χ4v) is 3.34. The van der Waals surface area contributed by atoms with Gasteiger partial charge < -0.3 is 20.3 Å². The summed E-state index contributed by atoms with van der Waals surface area (Å²) in [4.78, 5) is 7.28. The zero-order valence-corrected chi connectivity index (χ0v) is 16.9. The SMILES string of the molecule is CCCN1CCC(CNC(=NCC(C)Oc2ccccc2C)NCC)C1. The van der Waals surface area contributed by atoms with Crippen molar-refractivity contribution in [3.05, 3.63) is 29.8 Å². The van der Waals surface area contributed by atoms with Gasteiger partial charge in [0.15, 0.2) is 5.96 Å². The fraction of sp³-hybridized carbons (Fsp3) is 0.667. The van der Waals surface area contributed by atoms with Crippen molar-refractivity contribution in [3.8, 4) is 5.75 Å². The Morgan fingerprint density at radius 1 is 1.31 bits per heavy atom. The molecular formula is C21H36N4O. The van der Waals surface area contributed by atoms with Crippen LogP contribution >= 0.6 is 0 Å². The van der Waals surface area contributed by atoms with Gasteiger partial charge in [0, 0.05) is 19.6 Å². The van der Waals surface area contributed by atoms with E-state index in [2.05, 4.69) is 49.3 Å². The van der Waals surface area contributed by atoms with Crippen molar-refractivity contribution in [1.82, 2.24) is 15.5 Å². The van der Waals surface area contributed by atoms with Gasteiger partial charge in [-0.15, -0.1) is 0 Å². The number of likely N-dealkylation sites (tertiary alicyclic amines) is 1. The molecule has 0 aliphatic carbocycles. The standard InChI is InChI=1S/C21H36N4O/c1-5-12-25-13-11-19(16-25)15-24-21(22-6-2)23-14-18(4)26-20-10-8-7-9-17(20)3/h7-10,18-19H,5-6,11-16H2,1-4H3,(H2,22,23,24). The number of rotatable bonds is 9. The lowest BCUT2D eigenvalue weighted by Crippen LogP contribution is -2.41. The van der Waals surface area contributed by atoms with Crippen molar-refractivity contribution < 1.29 is 4.74 Å². The third-order valence-corrected chi connectivity index (χ3v) is 4.74. The van der Waals surface area contributed by atoms with Gasteiger partial charge in [-0.05, 0) is 64.3 Å². The summed E-state index contributed by atoms with van der Waals surface area (Å²) in [5.74, 6) is 2.54. The average Bonchev–Trinajstić information content (AvgIpc) is 3.07. The van der Waals surface area contributed by atoms with Gasteiger partial charge in [0.1, 0.15) is 11.9 Å². The van der Waals surface area contributed by atoms with Gasteiger partial charge in [-0.3, -0.25) is 0 Å². The largest absolute Gasteiger partial charge is 0.489 e. The Bertz CT molecular complexity index is 561. The average molecular weight is 361 g/mol. The van der Waals surface area contributed by atoms with E-state index >= 15 is 0 Å². The van der Waals surface area contributed by atoms with Crippen molar-refractivity contribution in [2.45, 2.75) is 46.6 Å². The molecule has 2 rings (SSSR count). The minimum Gasteiger partial charge on any atom is -0.489 e. The predicted octanol–water partition coefficient (Wildman–Crippen LogP) is 3.05. The van der Waals surface area contributed by atoms with Crippen molar-refractivity contribution in [3.63, 3.8) is 0 Å². The number of para-hydroxylation sites is 1. The summed E-state index contributed by atoms with van der Waals surface area (Å²) < 4.78 is 6.02. The quantitative estimate of drug-likeness (QED) is 0.525. The first-order valence-electron chi connectivity index (χ1n) is 10.1. The molecule has 5 heteroatoms. The first-order chi connectivity index (χ1) is 12.6. The number of ether oxygens (including phenoxy) is 1. The van der Waals surface area contributed by atoms with Crippen molar-refractivity contribution >= 4 is 5.96 Å². The first kappa shape index (κ1) is 20.6. The zero-order valence-electron chi connectivity index (χ0n) is 16.9. The molecule has 1 heterocycles. The van der Waals surface area contributed by atoms with Crippen molar-refractivity contribution in [2.24, 2.45) is 10.9 Å². The number of nitrogens with zero attached hydrogens (tertiary/aromatic N) is 2. The molecule has 146 valence electrons. The minimum absolute atomic E-state index is 0.0399. The maximum absolute atomic E-state index is 6.02. The molecule has 1 aromatic carbocycles. The molecule has 2 atom stereocenters. The van der Waals surface area contributed by atoms with Gasteiger partial charge >= 0.3 is 0 Å². The fourth-order valence-electron chi connectivity index (χ4n) is 3.34. The van der Waals surface area contributed by atoms with Gasteiger partial charge in [-0.1, -0.05) is 25.1 Å². The third kappa shape index (κ3) is 6.87. The molecule has 0 spiro atoms. The molecule has 1 aromatic rings. The normalized spacial score (nSPS) is 19.4. The lowest BCUT2D eigenvalue weighted by Gasteiger charge is -2.18. The molecule has 2 unspecified atom stereocenters. The van der Waals surface area contributed by atoms with E-state index in [4.69, 9.17) is 9.73 Å². The predicted molar refractivity (Wildman–Crippen MR) is 110 cm³/mol. The highest BCUT2D eigenvalue weighted by molar-refractivity contribution is 5.79. The summed E-state index contributed by atoms with van der Waals surface area (Å²) in [5.41, 5.74) is 1.16. The van der Waals surface area contributed by atoms with Crippen molar-refractivity contribution in [1.29, 1.82) is 0 Å². The molecular weight excluding hydrogens is 324 g/mol. The van der Waals surface area contributed by atoms with E-state index in [1.54, 1.807) is 0 Å². The number of aliphatic imine (C=N–C) groups is 1. The van der Waals surface area contributed by atoms with Crippen LogP contribution < -0.4 is 15.4 Å². The lowest BCUT2D eigenvalue weighted by molar-refractivity contribution is 0.228. The van der Waals surface area contributed by atoms with Crippen LogP contribution in [0.15, 0.2) is 29.3 Å². The van der Waals surface area contributed by atoms with Crippen LogP contribution in [0.4, 0.5) is 0 Å². The van der Waals surface area contributed by atoms with E-state index in [-0.39, 0.29) is 6.10 Å². The molecule has 0 amide bonds. The highest BCUT2D eigenvalue weighted by Crippen LogP contribution is 2.18. The summed E-state index contributed by atoms with van der Waals surface area (Å²) in [6.45, 7) is 14.6. The van der Waals surface area contributed by atoms with Gasteiger partial charge in [-0.25, -0.2) is 4.99 Å². The van der Waals surface area contributed by atoms with Gasteiger partial charge in [0.2, 0.25) is 0 Å². The number of benzene rings is 1. The Balaban J connectivity index is 1.79. The Morgan fingerprint density at radius 2 is 2.12 bits per heavy atom. The molecule has 1 saturated heterocycles. The number of hydrogen-bond donors (Lipinski definition) is 2. The maximum atomic E-state index is 6.02. The molecule has 0 saturated carbocycles. The number of guanidine groups is 1. The molecule has 26 heavy (non-hydrogen) atoms. The molecule has 2 N–H and O–H groups in total. The van der Waals surface area contributed by atoms with Crippen LogP contribution in [0.25, 0.3) is 0 Å². The summed E-state index contributed by atoms with van der Waals surface area (Å²) in [7, 11) is 0. The van der Waals surface area contributed by atoms with E-state index < -0.39 is 0 Å². The Morgan fingerprint density at radius 3 is 2.85 bits per heavy atom. The smallest absolute Gasteiger partial charge is 0.191 e. The molecule has 1 aliphatic rings. The summed E-state index contributed by atoms with van der Waals surface area (Å²) in [6, 6.07) is 8.12. The first-order valence-corrected chi connectivity index (χ1v) is 10.1. The molecule has 0 radical (unpaired) electrons. The van der Waals surface area contributed by atoms with Crippen LogP contribution in [0.3, 0.4) is 0 Å². The van der Waals surface area contributed by atoms with Crippen molar-refractivity contribution in [2.75, 3.05) is 39.3 Å². The maximum Gasteiger partial charge on any atom is 0.191 e. The van der Waals surface area contributed by atoms with E-state index in [0.29, 0.717) is 12.5 Å². The zero-order chi connectivity index (χ0) is 18.8. The summed E-state index contributed by atoms with van der Waals surface area (Å²) in [6.07, 6.45) is 2.56. The van der Waals surface area contributed by atoms with Gasteiger partial charge in [0.05, 0.1) is 6.54 Å². The molecule has 1 aliphatic heterocycles. The van der Waals surface area contributed by atoms with E-state index in [0.717, 1.165) is 30.4 Å². The van der Waals surface area contributed by atoms with E-state index in [1.807, 2.05) is 18.2 Å². The summed E-state index contributed by atoms with van der Waals surface area (Å²) >= 11 is 0. The number of aryl methyl sites for hydroxylation is 1. The highest BCUT2D eigenvalue weighted by atomic mass is 16.5. The Hall–Kier alpha value is -1.75. The third-order valence-electron chi connectivity index (χ3n) is 4.74.